The zero-order chi connectivity index (χ0) is 16.8. The van der Waals surface area contributed by atoms with Crippen molar-refractivity contribution in [1.82, 2.24) is 15.1 Å². The fourth-order valence-electron chi connectivity index (χ4n) is 3.06. The number of amides is 1. The molecule has 1 amide bonds. The number of likely N-dealkylation sites (N-methyl/N-ethyl adjacent to an activating group) is 1. The van der Waals surface area contributed by atoms with Crippen LogP contribution in [0.1, 0.15) is 25.5 Å². The third kappa shape index (κ3) is 3.76. The number of hydrogen-bond donors (Lipinski definition) is 2. The Bertz CT molecular complexity index is 526. The third-order valence-corrected chi connectivity index (χ3v) is 4.38. The van der Waals surface area contributed by atoms with E-state index in [1.807, 2.05) is 24.8 Å². The summed E-state index contributed by atoms with van der Waals surface area (Å²) in [5.74, 6) is 0.488. The maximum absolute atomic E-state index is 13.1. The van der Waals surface area contributed by atoms with Crippen LogP contribution in [0, 0.1) is 0 Å². The molecule has 1 unspecified atom stereocenters. The fraction of sp³-hybridized carbons (Fsp3) is 0.588. The molecule has 1 aliphatic heterocycles. The summed E-state index contributed by atoms with van der Waals surface area (Å²) >= 11 is 0. The molecule has 1 aliphatic rings. The topological polar surface area (TPSA) is 65.0 Å². The van der Waals surface area contributed by atoms with E-state index in [4.69, 9.17) is 4.74 Å². The standard InChI is InChI=1S/C17H27N3O3/c1-4-19(5-2)15(17(22)20-11-9-18-10-12-20)13-7-6-8-14(23-3)16(13)21/h6-8,15,18,21H,4-5,9-12H2,1-3H3. The minimum atomic E-state index is -0.488. The molecule has 1 saturated heterocycles. The van der Waals surface area contributed by atoms with Crippen molar-refractivity contribution in [3.8, 4) is 11.5 Å². The van der Waals surface area contributed by atoms with Crippen molar-refractivity contribution < 1.29 is 14.6 Å². The van der Waals surface area contributed by atoms with Crippen molar-refractivity contribution >= 4 is 5.91 Å². The molecule has 1 atom stereocenters. The molecule has 6 nitrogen and oxygen atoms in total. The number of nitrogens with one attached hydrogen (secondary N) is 1. The number of benzene rings is 1. The van der Waals surface area contributed by atoms with Crippen LogP contribution in [-0.4, -0.2) is 67.2 Å². The van der Waals surface area contributed by atoms with Crippen molar-refractivity contribution in [2.24, 2.45) is 0 Å². The lowest BCUT2D eigenvalue weighted by Crippen LogP contribution is -2.50. The van der Waals surface area contributed by atoms with E-state index in [1.54, 1.807) is 12.1 Å². The van der Waals surface area contributed by atoms with Crippen LogP contribution in [0.4, 0.5) is 0 Å². The van der Waals surface area contributed by atoms with Gasteiger partial charge in [0.15, 0.2) is 11.5 Å². The monoisotopic (exact) mass is 321 g/mol. The summed E-state index contributed by atoms with van der Waals surface area (Å²) in [6.45, 7) is 8.52. The van der Waals surface area contributed by atoms with Crippen LogP contribution in [-0.2, 0) is 4.79 Å². The molecule has 0 bridgehead atoms. The number of para-hydroxylation sites is 1. The Hall–Kier alpha value is -1.79. The molecule has 1 aromatic carbocycles. The summed E-state index contributed by atoms with van der Waals surface area (Å²) < 4.78 is 5.20. The number of aromatic hydroxyl groups is 1. The van der Waals surface area contributed by atoms with E-state index in [0.717, 1.165) is 26.2 Å². The van der Waals surface area contributed by atoms with Crippen LogP contribution < -0.4 is 10.1 Å². The second-order valence-corrected chi connectivity index (χ2v) is 5.60. The SMILES string of the molecule is CCN(CC)C(C(=O)N1CCNCC1)c1cccc(OC)c1O. The number of methoxy groups -OCH3 is 1. The first kappa shape index (κ1) is 17.6. The van der Waals surface area contributed by atoms with Gasteiger partial charge in [-0.3, -0.25) is 9.69 Å². The third-order valence-electron chi connectivity index (χ3n) is 4.38. The highest BCUT2D eigenvalue weighted by molar-refractivity contribution is 5.84. The summed E-state index contributed by atoms with van der Waals surface area (Å²) in [6, 6.07) is 4.84. The second kappa shape index (κ2) is 8.17. The summed E-state index contributed by atoms with van der Waals surface area (Å²) in [5.41, 5.74) is 0.608. The van der Waals surface area contributed by atoms with E-state index in [2.05, 4.69) is 10.2 Å². The molecule has 128 valence electrons. The lowest BCUT2D eigenvalue weighted by molar-refractivity contribution is -0.137. The van der Waals surface area contributed by atoms with Gasteiger partial charge in [-0.2, -0.15) is 0 Å². The first-order valence-corrected chi connectivity index (χ1v) is 8.23. The summed E-state index contributed by atoms with van der Waals surface area (Å²) in [7, 11) is 1.52. The van der Waals surface area contributed by atoms with E-state index in [9.17, 15) is 9.90 Å². The molecule has 1 aromatic rings. The number of rotatable bonds is 6. The molecule has 1 fully saturated rings. The normalized spacial score (nSPS) is 16.4. The first-order chi connectivity index (χ1) is 11.1. The Morgan fingerprint density at radius 2 is 2.00 bits per heavy atom. The molecule has 1 heterocycles. The predicted octanol–water partition coefficient (Wildman–Crippen LogP) is 1.22. The Morgan fingerprint density at radius 1 is 1.35 bits per heavy atom. The van der Waals surface area contributed by atoms with Gasteiger partial charge in [-0.15, -0.1) is 0 Å². The largest absolute Gasteiger partial charge is 0.504 e. The summed E-state index contributed by atoms with van der Waals surface area (Å²) in [4.78, 5) is 17.1. The highest BCUT2D eigenvalue weighted by Gasteiger charge is 2.33. The van der Waals surface area contributed by atoms with Crippen molar-refractivity contribution in [2.45, 2.75) is 19.9 Å². The molecule has 0 saturated carbocycles. The lowest BCUT2D eigenvalue weighted by Gasteiger charge is -2.36. The van der Waals surface area contributed by atoms with Gasteiger partial charge < -0.3 is 20.1 Å². The first-order valence-electron chi connectivity index (χ1n) is 8.23. The maximum Gasteiger partial charge on any atom is 0.244 e. The minimum Gasteiger partial charge on any atom is -0.504 e. The van der Waals surface area contributed by atoms with Gasteiger partial charge >= 0.3 is 0 Å². The van der Waals surface area contributed by atoms with Gasteiger partial charge in [0.25, 0.3) is 0 Å². The zero-order valence-corrected chi connectivity index (χ0v) is 14.2. The number of nitrogens with zero attached hydrogens (tertiary/aromatic N) is 2. The molecule has 0 aliphatic carbocycles. The fourth-order valence-corrected chi connectivity index (χ4v) is 3.06. The number of carbonyl (C=O) groups is 1. The number of ether oxygens (including phenoxy) is 1. The Labute approximate surface area is 138 Å². The number of hydrogen-bond acceptors (Lipinski definition) is 5. The quantitative estimate of drug-likeness (QED) is 0.825. The van der Waals surface area contributed by atoms with Crippen molar-refractivity contribution in [3.63, 3.8) is 0 Å². The molecule has 0 radical (unpaired) electrons. The van der Waals surface area contributed by atoms with E-state index in [0.29, 0.717) is 24.4 Å². The Morgan fingerprint density at radius 3 is 2.57 bits per heavy atom. The molecule has 6 heteroatoms. The van der Waals surface area contributed by atoms with Gasteiger partial charge in [0.05, 0.1) is 7.11 Å². The molecule has 2 N–H and O–H groups in total. The number of phenols is 1. The molecular weight excluding hydrogens is 294 g/mol. The minimum absolute atomic E-state index is 0.0405. The smallest absolute Gasteiger partial charge is 0.244 e. The van der Waals surface area contributed by atoms with Crippen molar-refractivity contribution in [1.29, 1.82) is 0 Å². The van der Waals surface area contributed by atoms with Crippen LogP contribution in [0.5, 0.6) is 11.5 Å². The van der Waals surface area contributed by atoms with Crippen LogP contribution >= 0.6 is 0 Å². The van der Waals surface area contributed by atoms with Gasteiger partial charge in [-0.25, -0.2) is 0 Å². The lowest BCUT2D eigenvalue weighted by atomic mass is 10.0. The highest BCUT2D eigenvalue weighted by atomic mass is 16.5. The van der Waals surface area contributed by atoms with Gasteiger partial charge in [0.1, 0.15) is 6.04 Å². The van der Waals surface area contributed by atoms with Crippen LogP contribution in [0.15, 0.2) is 18.2 Å². The highest BCUT2D eigenvalue weighted by Crippen LogP contribution is 2.36. The van der Waals surface area contributed by atoms with Crippen LogP contribution in [0.25, 0.3) is 0 Å². The molecule has 0 spiro atoms. The summed E-state index contributed by atoms with van der Waals surface area (Å²) in [5, 5.41) is 13.8. The Balaban J connectivity index is 2.39. The summed E-state index contributed by atoms with van der Waals surface area (Å²) in [6.07, 6.45) is 0. The second-order valence-electron chi connectivity index (χ2n) is 5.60. The van der Waals surface area contributed by atoms with Crippen molar-refractivity contribution in [3.05, 3.63) is 23.8 Å². The predicted molar refractivity (Wildman–Crippen MR) is 89.8 cm³/mol. The van der Waals surface area contributed by atoms with Gasteiger partial charge in [0, 0.05) is 31.7 Å². The van der Waals surface area contributed by atoms with Gasteiger partial charge in [-0.1, -0.05) is 26.0 Å². The maximum atomic E-state index is 13.1. The average Bonchev–Trinajstić information content (AvgIpc) is 2.60. The number of carbonyl (C=O) groups excluding carboxylic acids is 1. The molecule has 23 heavy (non-hydrogen) atoms. The van der Waals surface area contributed by atoms with Crippen molar-refractivity contribution in [2.75, 3.05) is 46.4 Å². The average molecular weight is 321 g/mol. The molecule has 0 aromatic heterocycles. The van der Waals surface area contributed by atoms with Crippen LogP contribution in [0.2, 0.25) is 0 Å². The Kier molecular flexibility index (Phi) is 6.24. The van der Waals surface area contributed by atoms with Crippen LogP contribution in [0.3, 0.4) is 0 Å². The van der Waals surface area contributed by atoms with E-state index in [-0.39, 0.29) is 11.7 Å². The van der Waals surface area contributed by atoms with E-state index >= 15 is 0 Å². The molecule has 2 rings (SSSR count). The van der Waals surface area contributed by atoms with E-state index in [1.165, 1.54) is 7.11 Å². The number of piperazine rings is 1. The molecular formula is C17H27N3O3. The van der Waals surface area contributed by atoms with E-state index < -0.39 is 6.04 Å². The number of phenolic OH excluding ortho intramolecular Hbond substituents is 1. The zero-order valence-electron chi connectivity index (χ0n) is 14.2. The van der Waals surface area contributed by atoms with Gasteiger partial charge in [0.2, 0.25) is 5.91 Å². The van der Waals surface area contributed by atoms with Gasteiger partial charge in [-0.05, 0) is 19.2 Å².